The number of amides is 5. The van der Waals surface area contributed by atoms with E-state index in [2.05, 4.69) is 10.7 Å². The summed E-state index contributed by atoms with van der Waals surface area (Å²) >= 11 is 0. The molecule has 2 saturated heterocycles. The maximum absolute atomic E-state index is 13.0. The third kappa shape index (κ3) is 4.44. The monoisotopic (exact) mass is 418 g/mol. The second-order valence-electron chi connectivity index (χ2n) is 7.53. The van der Waals surface area contributed by atoms with Crippen LogP contribution in [0.5, 0.6) is 0 Å². The van der Waals surface area contributed by atoms with E-state index in [0.29, 0.717) is 43.2 Å². The summed E-state index contributed by atoms with van der Waals surface area (Å²) in [4.78, 5) is 52.6. The molecule has 0 bridgehead atoms. The van der Waals surface area contributed by atoms with Gasteiger partial charge in [0.2, 0.25) is 0 Å². The first-order chi connectivity index (χ1) is 14.4. The van der Waals surface area contributed by atoms with Crippen LogP contribution in [0.25, 0.3) is 0 Å². The topological polar surface area (TPSA) is 112 Å². The van der Waals surface area contributed by atoms with Crippen LogP contribution in [-0.4, -0.2) is 80.1 Å². The fourth-order valence-corrected chi connectivity index (χ4v) is 3.72. The summed E-state index contributed by atoms with van der Waals surface area (Å²) in [7, 11) is 1.71. The summed E-state index contributed by atoms with van der Waals surface area (Å²) in [5.74, 6) is -1.12. The number of quaternary nitrogens is 1. The molecule has 1 aromatic carbocycles. The number of hydrogen-bond donors (Lipinski definition) is 3. The van der Waals surface area contributed by atoms with Crippen molar-refractivity contribution in [2.75, 3.05) is 46.4 Å². The lowest BCUT2D eigenvalue weighted by Crippen LogP contribution is -3.11. The zero-order valence-corrected chi connectivity index (χ0v) is 17.3. The molecule has 10 nitrogen and oxygen atoms in total. The molecule has 162 valence electrons. The molecule has 2 aliphatic rings. The molecule has 0 spiro atoms. The Morgan fingerprint density at radius 3 is 2.47 bits per heavy atom. The van der Waals surface area contributed by atoms with Gasteiger partial charge >= 0.3 is 6.03 Å². The fourth-order valence-electron chi connectivity index (χ4n) is 3.72. The van der Waals surface area contributed by atoms with E-state index in [1.54, 1.807) is 43.1 Å². The molecule has 3 N–H and O–H groups in total. The van der Waals surface area contributed by atoms with E-state index >= 15 is 0 Å². The minimum Gasteiger partial charge on any atom is -0.378 e. The molecular weight excluding hydrogens is 390 g/mol. The van der Waals surface area contributed by atoms with Crippen LogP contribution < -0.4 is 15.6 Å². The number of hydrazine groups is 1. The van der Waals surface area contributed by atoms with Crippen molar-refractivity contribution in [3.05, 3.63) is 35.9 Å². The number of hydrogen-bond acceptors (Lipinski definition) is 5. The minimum absolute atomic E-state index is 0.0579. The number of imide groups is 1. The van der Waals surface area contributed by atoms with E-state index in [1.165, 1.54) is 0 Å². The SMILES string of the molecule is CC[C@]1(c2ccccc2)NC(=O)N(NC(=O)C[NH+](C)CC(=O)N2CCOCC2)C1=O. The lowest BCUT2D eigenvalue weighted by Gasteiger charge is -2.27. The highest BCUT2D eigenvalue weighted by molar-refractivity contribution is 6.08. The second kappa shape index (κ2) is 9.23. The van der Waals surface area contributed by atoms with Crippen LogP contribution in [0.2, 0.25) is 0 Å². The van der Waals surface area contributed by atoms with Gasteiger partial charge in [0.05, 0.1) is 20.3 Å². The lowest BCUT2D eigenvalue weighted by molar-refractivity contribution is -0.863. The van der Waals surface area contributed by atoms with Gasteiger partial charge in [-0.1, -0.05) is 37.3 Å². The van der Waals surface area contributed by atoms with Crippen LogP contribution in [0, 0.1) is 0 Å². The van der Waals surface area contributed by atoms with E-state index in [0.717, 1.165) is 5.01 Å². The summed E-state index contributed by atoms with van der Waals surface area (Å²) in [5.41, 5.74) is 1.83. The summed E-state index contributed by atoms with van der Waals surface area (Å²) in [6.07, 6.45) is 0.340. The zero-order valence-electron chi connectivity index (χ0n) is 17.3. The molecule has 1 unspecified atom stereocenters. The van der Waals surface area contributed by atoms with Crippen LogP contribution in [0.15, 0.2) is 30.3 Å². The number of nitrogens with zero attached hydrogens (tertiary/aromatic N) is 2. The molecular formula is C20H28N5O5+. The second-order valence-corrected chi connectivity index (χ2v) is 7.53. The van der Waals surface area contributed by atoms with E-state index < -0.39 is 23.4 Å². The maximum Gasteiger partial charge on any atom is 0.344 e. The number of morpholine rings is 1. The molecule has 0 aromatic heterocycles. The smallest absolute Gasteiger partial charge is 0.344 e. The first-order valence-corrected chi connectivity index (χ1v) is 10.1. The first kappa shape index (κ1) is 21.7. The van der Waals surface area contributed by atoms with Crippen molar-refractivity contribution in [1.82, 2.24) is 20.7 Å². The molecule has 0 saturated carbocycles. The number of likely N-dealkylation sites (N-methyl/N-ethyl adjacent to an activating group) is 1. The number of carbonyl (C=O) groups is 4. The fraction of sp³-hybridized carbons (Fsp3) is 0.500. The van der Waals surface area contributed by atoms with Crippen LogP contribution in [-0.2, 0) is 24.7 Å². The van der Waals surface area contributed by atoms with Gasteiger partial charge in [-0.2, -0.15) is 5.01 Å². The number of rotatable bonds is 7. The van der Waals surface area contributed by atoms with Gasteiger partial charge in [0.15, 0.2) is 13.1 Å². The normalized spacial score (nSPS) is 22.6. The third-order valence-corrected chi connectivity index (χ3v) is 5.40. The first-order valence-electron chi connectivity index (χ1n) is 10.1. The van der Waals surface area contributed by atoms with Crippen molar-refractivity contribution in [3.8, 4) is 0 Å². The van der Waals surface area contributed by atoms with Crippen molar-refractivity contribution in [3.63, 3.8) is 0 Å². The predicted molar refractivity (Wildman–Crippen MR) is 106 cm³/mol. The van der Waals surface area contributed by atoms with Gasteiger partial charge in [-0.05, 0) is 12.0 Å². The van der Waals surface area contributed by atoms with Crippen molar-refractivity contribution in [2.24, 2.45) is 0 Å². The van der Waals surface area contributed by atoms with Gasteiger partial charge in [-0.15, -0.1) is 0 Å². The molecule has 2 fully saturated rings. The highest BCUT2D eigenvalue weighted by Crippen LogP contribution is 2.31. The Bertz CT molecular complexity index is 811. The van der Waals surface area contributed by atoms with Gasteiger partial charge in [0, 0.05) is 13.1 Å². The summed E-state index contributed by atoms with van der Waals surface area (Å²) in [5, 5.41) is 3.44. The van der Waals surface area contributed by atoms with Gasteiger partial charge < -0.3 is 19.9 Å². The Labute approximate surface area is 175 Å². The predicted octanol–water partition coefficient (Wildman–Crippen LogP) is -1.75. The Kier molecular flexibility index (Phi) is 6.68. The molecule has 2 atom stereocenters. The van der Waals surface area contributed by atoms with Crippen LogP contribution in [0.1, 0.15) is 18.9 Å². The average molecular weight is 418 g/mol. The van der Waals surface area contributed by atoms with Crippen LogP contribution in [0.4, 0.5) is 4.79 Å². The van der Waals surface area contributed by atoms with Crippen molar-refractivity contribution >= 4 is 23.8 Å². The van der Waals surface area contributed by atoms with Crippen LogP contribution in [0.3, 0.4) is 0 Å². The third-order valence-electron chi connectivity index (χ3n) is 5.40. The minimum atomic E-state index is -1.21. The number of benzene rings is 1. The van der Waals surface area contributed by atoms with Gasteiger partial charge in [0.25, 0.3) is 17.7 Å². The highest BCUT2D eigenvalue weighted by atomic mass is 16.5. The largest absolute Gasteiger partial charge is 0.378 e. The van der Waals surface area contributed by atoms with E-state index in [9.17, 15) is 19.2 Å². The van der Waals surface area contributed by atoms with Crippen molar-refractivity contribution in [1.29, 1.82) is 0 Å². The number of nitrogens with one attached hydrogen (secondary N) is 3. The highest BCUT2D eigenvalue weighted by Gasteiger charge is 2.52. The number of ether oxygens (including phenoxy) is 1. The molecule has 2 heterocycles. The number of urea groups is 1. The Hall–Kier alpha value is -2.98. The van der Waals surface area contributed by atoms with Gasteiger partial charge in [0.1, 0.15) is 5.54 Å². The van der Waals surface area contributed by atoms with Crippen molar-refractivity contribution < 1.29 is 28.8 Å². The molecule has 30 heavy (non-hydrogen) atoms. The van der Waals surface area contributed by atoms with Gasteiger partial charge in [-0.3, -0.25) is 19.8 Å². The molecule has 10 heteroatoms. The van der Waals surface area contributed by atoms with E-state index in [-0.39, 0.29) is 19.0 Å². The summed E-state index contributed by atoms with van der Waals surface area (Å²) in [6.45, 7) is 3.98. The molecule has 2 aliphatic heterocycles. The summed E-state index contributed by atoms with van der Waals surface area (Å²) < 4.78 is 5.23. The standard InChI is InChI=1S/C20H27N5O5/c1-3-20(15-7-5-4-6-8-15)18(28)25(19(29)21-20)22-16(26)13-23(2)14-17(27)24-9-11-30-12-10-24/h4-8H,3,9-14H2,1-2H3,(H,21,29)(H,22,26)/p+1/t20-/m1/s1. The maximum atomic E-state index is 13.0. The molecule has 0 radical (unpaired) electrons. The van der Waals surface area contributed by atoms with Crippen LogP contribution >= 0.6 is 0 Å². The van der Waals surface area contributed by atoms with Gasteiger partial charge in [-0.25, -0.2) is 4.79 Å². The van der Waals surface area contributed by atoms with E-state index in [1.807, 2.05) is 6.07 Å². The summed E-state index contributed by atoms with van der Waals surface area (Å²) in [6, 6.07) is 8.25. The van der Waals surface area contributed by atoms with E-state index in [4.69, 9.17) is 4.74 Å². The molecule has 0 aliphatic carbocycles. The Balaban J connectivity index is 1.59. The molecule has 1 aromatic rings. The number of carbonyl (C=O) groups excluding carboxylic acids is 4. The molecule has 5 amide bonds. The Morgan fingerprint density at radius 1 is 1.17 bits per heavy atom. The van der Waals surface area contributed by atoms with Crippen molar-refractivity contribution in [2.45, 2.75) is 18.9 Å². The zero-order chi connectivity index (χ0) is 21.7. The quantitative estimate of drug-likeness (QED) is 0.455. The average Bonchev–Trinajstić information content (AvgIpc) is 3.00. The Morgan fingerprint density at radius 2 is 1.83 bits per heavy atom. The lowest BCUT2D eigenvalue weighted by atomic mass is 9.87. The molecule has 3 rings (SSSR count).